The molecule has 0 aliphatic carbocycles. The molecule has 7 nitrogen and oxygen atoms in total. The highest BCUT2D eigenvalue weighted by atomic mass is 35.5. The van der Waals surface area contributed by atoms with Gasteiger partial charge in [0.1, 0.15) is 13.2 Å². The molecule has 1 heterocycles. The Kier molecular flexibility index (Phi) is 8.41. The van der Waals surface area contributed by atoms with E-state index in [4.69, 9.17) is 21.1 Å². The summed E-state index contributed by atoms with van der Waals surface area (Å²) >= 11 is 7.12. The van der Waals surface area contributed by atoms with Gasteiger partial charge in [0.25, 0.3) is 11.1 Å². The first kappa shape index (κ1) is 25.4. The monoisotopic (exact) mass is 500 g/mol. The Morgan fingerprint density at radius 2 is 1.94 bits per heavy atom. The molecular weight excluding hydrogens is 476 g/mol. The predicted molar refractivity (Wildman–Crippen MR) is 136 cm³/mol. The maximum Gasteiger partial charge on any atom is 0.294 e. The van der Waals surface area contributed by atoms with E-state index in [0.29, 0.717) is 34.4 Å². The minimum Gasteiger partial charge on any atom is -0.490 e. The lowest BCUT2D eigenvalue weighted by Gasteiger charge is -2.14. The number of rotatable bonds is 9. The number of nitrogens with one attached hydrogen (secondary N) is 1. The van der Waals surface area contributed by atoms with Crippen molar-refractivity contribution in [1.82, 2.24) is 4.90 Å². The van der Waals surface area contributed by atoms with Gasteiger partial charge in [-0.15, -0.1) is 0 Å². The van der Waals surface area contributed by atoms with Crippen LogP contribution in [0.25, 0.3) is 6.08 Å². The van der Waals surface area contributed by atoms with Crippen molar-refractivity contribution in [2.45, 2.75) is 20.8 Å². The molecule has 1 aliphatic rings. The molecule has 0 saturated carbocycles. The smallest absolute Gasteiger partial charge is 0.294 e. The van der Waals surface area contributed by atoms with E-state index >= 15 is 0 Å². The molecule has 0 radical (unpaired) electrons. The average molecular weight is 501 g/mol. The lowest BCUT2D eigenvalue weighted by Crippen LogP contribution is -2.36. The zero-order valence-electron chi connectivity index (χ0n) is 19.1. The van der Waals surface area contributed by atoms with E-state index in [-0.39, 0.29) is 18.1 Å². The largest absolute Gasteiger partial charge is 0.490 e. The number of thioether (sulfide) groups is 1. The van der Waals surface area contributed by atoms with Crippen LogP contribution in [0, 0.1) is 13.8 Å². The molecule has 0 aromatic heterocycles. The summed E-state index contributed by atoms with van der Waals surface area (Å²) in [6, 6.07) is 8.79. The minimum absolute atomic E-state index is 0.183. The maximum absolute atomic E-state index is 12.8. The van der Waals surface area contributed by atoms with Crippen LogP contribution in [-0.4, -0.2) is 41.7 Å². The molecule has 3 amide bonds. The zero-order valence-corrected chi connectivity index (χ0v) is 20.7. The predicted octanol–water partition coefficient (Wildman–Crippen LogP) is 5.60. The Hall–Kier alpha value is -3.23. The molecule has 178 valence electrons. The molecule has 0 atom stereocenters. The normalized spacial score (nSPS) is 14.5. The van der Waals surface area contributed by atoms with E-state index in [0.717, 1.165) is 27.8 Å². The fourth-order valence-electron chi connectivity index (χ4n) is 3.17. The van der Waals surface area contributed by atoms with Gasteiger partial charge in [-0.3, -0.25) is 19.3 Å². The Balaban J connectivity index is 1.76. The summed E-state index contributed by atoms with van der Waals surface area (Å²) < 4.78 is 11.2. The zero-order chi connectivity index (χ0) is 24.8. The summed E-state index contributed by atoms with van der Waals surface area (Å²) in [5, 5.41) is 2.50. The average Bonchev–Trinajstić information content (AvgIpc) is 3.03. The van der Waals surface area contributed by atoms with Gasteiger partial charge in [0, 0.05) is 5.69 Å². The number of carbonyl (C=O) groups excluding carboxylic acids is 3. The number of halogens is 1. The molecule has 0 unspecified atom stereocenters. The van der Waals surface area contributed by atoms with Crippen LogP contribution >= 0.6 is 23.4 Å². The number of aryl methyl sites for hydroxylation is 2. The first-order chi connectivity index (χ1) is 16.2. The van der Waals surface area contributed by atoms with Crippen LogP contribution in [0.15, 0.2) is 47.9 Å². The number of anilines is 1. The highest BCUT2D eigenvalue weighted by Gasteiger charge is 2.36. The minimum atomic E-state index is -0.550. The van der Waals surface area contributed by atoms with E-state index in [2.05, 4.69) is 11.9 Å². The van der Waals surface area contributed by atoms with E-state index in [1.54, 1.807) is 24.3 Å². The van der Waals surface area contributed by atoms with Gasteiger partial charge < -0.3 is 14.8 Å². The second-order valence-corrected chi connectivity index (χ2v) is 8.88. The summed E-state index contributed by atoms with van der Waals surface area (Å²) in [6.07, 6.45) is 3.13. The highest BCUT2D eigenvalue weighted by molar-refractivity contribution is 8.18. The van der Waals surface area contributed by atoms with E-state index in [1.165, 1.54) is 6.08 Å². The van der Waals surface area contributed by atoms with Crippen molar-refractivity contribution in [2.75, 3.05) is 25.1 Å². The third-order valence-corrected chi connectivity index (χ3v) is 6.13. The Morgan fingerprint density at radius 3 is 2.62 bits per heavy atom. The number of ether oxygens (including phenoxy) is 2. The number of hydrogen-bond acceptors (Lipinski definition) is 6. The standard InChI is InChI=1S/C25H25ClN2O5S/c1-5-9-33-23-19(26)11-17(12-20(23)32-6-2)13-21-24(30)28(25(31)34-21)14-22(29)27-18-8-7-15(3)16(4)10-18/h5,7-8,10-13H,1,6,9,14H2,2-4H3,(H,27,29)/b21-13+. The molecule has 2 aromatic carbocycles. The van der Waals surface area contributed by atoms with Gasteiger partial charge >= 0.3 is 0 Å². The first-order valence-electron chi connectivity index (χ1n) is 10.6. The molecule has 0 bridgehead atoms. The number of imide groups is 1. The van der Waals surface area contributed by atoms with Gasteiger partial charge in [-0.05, 0) is 79.6 Å². The molecule has 2 aromatic rings. The molecule has 1 saturated heterocycles. The van der Waals surface area contributed by atoms with Gasteiger partial charge in [-0.1, -0.05) is 30.3 Å². The quantitative estimate of drug-likeness (QED) is 0.356. The van der Waals surface area contributed by atoms with Crippen molar-refractivity contribution in [1.29, 1.82) is 0 Å². The Bertz CT molecular complexity index is 1180. The number of benzene rings is 2. The summed E-state index contributed by atoms with van der Waals surface area (Å²) in [6.45, 7) is 9.61. The third kappa shape index (κ3) is 6.01. The van der Waals surface area contributed by atoms with Crippen LogP contribution in [0.2, 0.25) is 5.02 Å². The molecule has 1 fully saturated rings. The lowest BCUT2D eigenvalue weighted by atomic mass is 10.1. The second-order valence-electron chi connectivity index (χ2n) is 7.48. The molecule has 1 N–H and O–H groups in total. The molecule has 3 rings (SSSR count). The number of nitrogens with zero attached hydrogens (tertiary/aromatic N) is 1. The van der Waals surface area contributed by atoms with Crippen LogP contribution in [0.5, 0.6) is 11.5 Å². The van der Waals surface area contributed by atoms with Crippen LogP contribution in [0.3, 0.4) is 0 Å². The summed E-state index contributed by atoms with van der Waals surface area (Å²) in [5.41, 5.74) is 3.29. The number of carbonyl (C=O) groups is 3. The van der Waals surface area contributed by atoms with Crippen molar-refractivity contribution in [3.8, 4) is 11.5 Å². The number of hydrogen-bond donors (Lipinski definition) is 1. The molecular formula is C25H25ClN2O5S. The van der Waals surface area contributed by atoms with E-state index in [9.17, 15) is 14.4 Å². The molecule has 9 heteroatoms. The Morgan fingerprint density at radius 1 is 1.18 bits per heavy atom. The van der Waals surface area contributed by atoms with E-state index < -0.39 is 17.1 Å². The van der Waals surface area contributed by atoms with Gasteiger partial charge in [-0.25, -0.2) is 0 Å². The molecule has 1 aliphatic heterocycles. The van der Waals surface area contributed by atoms with Gasteiger partial charge in [0.05, 0.1) is 16.5 Å². The molecule has 0 spiro atoms. The summed E-state index contributed by atoms with van der Waals surface area (Å²) in [4.78, 5) is 38.9. The maximum atomic E-state index is 12.8. The summed E-state index contributed by atoms with van der Waals surface area (Å²) in [7, 11) is 0. The lowest BCUT2D eigenvalue weighted by molar-refractivity contribution is -0.127. The van der Waals surface area contributed by atoms with Crippen LogP contribution in [0.1, 0.15) is 23.6 Å². The molecule has 34 heavy (non-hydrogen) atoms. The van der Waals surface area contributed by atoms with Crippen molar-refractivity contribution >= 4 is 52.2 Å². The van der Waals surface area contributed by atoms with E-state index in [1.807, 2.05) is 32.9 Å². The van der Waals surface area contributed by atoms with Gasteiger partial charge in [-0.2, -0.15) is 0 Å². The van der Waals surface area contributed by atoms with Crippen LogP contribution in [0.4, 0.5) is 10.5 Å². The van der Waals surface area contributed by atoms with Crippen LogP contribution < -0.4 is 14.8 Å². The van der Waals surface area contributed by atoms with Crippen molar-refractivity contribution in [3.63, 3.8) is 0 Å². The van der Waals surface area contributed by atoms with Crippen molar-refractivity contribution < 1.29 is 23.9 Å². The second kappa shape index (κ2) is 11.3. The van der Waals surface area contributed by atoms with Gasteiger partial charge in [0.2, 0.25) is 5.91 Å². The topological polar surface area (TPSA) is 84.9 Å². The van der Waals surface area contributed by atoms with Crippen LogP contribution in [-0.2, 0) is 9.59 Å². The fraction of sp³-hybridized carbons (Fsp3) is 0.240. The SMILES string of the molecule is C=CCOc1c(Cl)cc(/C=C2/SC(=O)N(CC(=O)Nc3ccc(C)c(C)c3)C2=O)cc1OCC. The number of amides is 3. The highest BCUT2D eigenvalue weighted by Crippen LogP contribution is 2.39. The summed E-state index contributed by atoms with van der Waals surface area (Å²) in [5.74, 6) is -0.227. The van der Waals surface area contributed by atoms with Crippen molar-refractivity contribution in [2.24, 2.45) is 0 Å². The third-order valence-electron chi connectivity index (χ3n) is 4.94. The van der Waals surface area contributed by atoms with Crippen molar-refractivity contribution in [3.05, 3.63) is 69.6 Å². The first-order valence-corrected chi connectivity index (χ1v) is 11.8. The Labute approximate surface area is 207 Å². The van der Waals surface area contributed by atoms with Gasteiger partial charge in [0.15, 0.2) is 11.5 Å². The fourth-order valence-corrected chi connectivity index (χ4v) is 4.28.